The van der Waals surface area contributed by atoms with Gasteiger partial charge in [-0.15, -0.1) is 25.7 Å². The van der Waals surface area contributed by atoms with Gasteiger partial charge in [-0.2, -0.15) is 0 Å². The second-order valence-corrected chi connectivity index (χ2v) is 14.3. The molecule has 0 spiro atoms. The summed E-state index contributed by atoms with van der Waals surface area (Å²) in [5, 5.41) is 0. The molecule has 0 aliphatic heterocycles. The first kappa shape index (κ1) is 34.4. The van der Waals surface area contributed by atoms with Gasteiger partial charge in [-0.3, -0.25) is 0 Å². The summed E-state index contributed by atoms with van der Waals surface area (Å²) < 4.78 is 0. The number of hydrogen-bond donors (Lipinski definition) is 0. The Labute approximate surface area is 195 Å². The van der Waals surface area contributed by atoms with E-state index in [1.54, 1.807) is 0 Å². The van der Waals surface area contributed by atoms with Gasteiger partial charge in [-0.1, -0.05) is 27.7 Å². The Morgan fingerprint density at radius 1 is 0.692 bits per heavy atom. The molecule has 0 heterocycles. The zero-order valence-corrected chi connectivity index (χ0v) is 22.9. The van der Waals surface area contributed by atoms with Crippen molar-refractivity contribution in [2.45, 2.75) is 53.4 Å². The molecule has 160 valence electrons. The predicted octanol–water partition coefficient (Wildman–Crippen LogP) is 7.49. The van der Waals surface area contributed by atoms with Crippen molar-refractivity contribution in [1.29, 1.82) is 0 Å². The summed E-state index contributed by atoms with van der Waals surface area (Å²) >= 11 is 0.291. The Morgan fingerprint density at radius 3 is 0.885 bits per heavy atom. The molecule has 26 heavy (non-hydrogen) atoms. The molecule has 0 radical (unpaired) electrons. The van der Waals surface area contributed by atoms with Crippen LogP contribution in [0.25, 0.3) is 0 Å². The molecule has 0 amide bonds. The molecular formula is C20H34Cl4Ru2-2. The molecule has 0 aromatic heterocycles. The normalized spacial score (nSPS) is 12.6. The fourth-order valence-electron chi connectivity index (χ4n) is 1.32. The van der Waals surface area contributed by atoms with Crippen LogP contribution in [0.5, 0.6) is 0 Å². The maximum atomic E-state index is 5.05. The zero-order valence-electron chi connectivity index (χ0n) is 16.2. The molecule has 0 rings (SSSR count). The van der Waals surface area contributed by atoms with E-state index in [9.17, 15) is 0 Å². The Kier molecular flexibility index (Phi) is 37.1. The van der Waals surface area contributed by atoms with Gasteiger partial charge in [0.25, 0.3) is 0 Å². The van der Waals surface area contributed by atoms with Crippen LogP contribution in [0.3, 0.4) is 0 Å². The van der Waals surface area contributed by atoms with Crippen molar-refractivity contribution in [3.8, 4) is 0 Å². The summed E-state index contributed by atoms with van der Waals surface area (Å²) in [5.41, 5.74) is 4.59. The van der Waals surface area contributed by atoms with Crippen molar-refractivity contribution in [1.82, 2.24) is 0 Å². The summed E-state index contributed by atoms with van der Waals surface area (Å²) in [7, 11) is 18.3. The Bertz CT molecular complexity index is 321. The van der Waals surface area contributed by atoms with E-state index in [1.807, 2.05) is 45.0 Å². The van der Waals surface area contributed by atoms with Gasteiger partial charge in [0.2, 0.25) is 0 Å². The van der Waals surface area contributed by atoms with Crippen molar-refractivity contribution in [2.24, 2.45) is 0 Å². The number of allylic oxidation sites excluding steroid dienone is 8. The summed E-state index contributed by atoms with van der Waals surface area (Å²) in [6.45, 7) is 23.2. The van der Waals surface area contributed by atoms with Crippen LogP contribution in [-0.4, -0.2) is 0 Å². The summed E-state index contributed by atoms with van der Waals surface area (Å²) in [6.07, 6.45) is 12.9. The van der Waals surface area contributed by atoms with Crippen molar-refractivity contribution >= 4 is 19.4 Å². The average Bonchev–Trinajstić information content (AvgIpc) is 2.49. The van der Waals surface area contributed by atoms with E-state index in [-0.39, 0.29) is 0 Å². The van der Waals surface area contributed by atoms with Crippen molar-refractivity contribution in [3.63, 3.8) is 0 Å². The third-order valence-electron chi connectivity index (χ3n) is 2.30. The number of rotatable bonds is 6. The van der Waals surface area contributed by atoms with Crippen LogP contribution in [0.15, 0.2) is 46.6 Å². The zero-order chi connectivity index (χ0) is 21.5. The van der Waals surface area contributed by atoms with E-state index >= 15 is 0 Å². The van der Waals surface area contributed by atoms with E-state index in [2.05, 4.69) is 81.1 Å². The maximum absolute atomic E-state index is 5.05. The van der Waals surface area contributed by atoms with Crippen molar-refractivity contribution in [3.05, 3.63) is 74.3 Å². The molecule has 0 aromatic rings. The number of hydrogen-bond acceptors (Lipinski definition) is 0. The topological polar surface area (TPSA) is 0 Å². The molecule has 0 unspecified atom stereocenters. The Morgan fingerprint density at radius 2 is 0.808 bits per heavy atom. The van der Waals surface area contributed by atoms with Crippen LogP contribution in [0.1, 0.15) is 53.4 Å². The van der Waals surface area contributed by atoms with Gasteiger partial charge >= 0.3 is 69.1 Å². The first-order valence-corrected chi connectivity index (χ1v) is 17.1. The first-order chi connectivity index (χ1) is 12.0. The van der Waals surface area contributed by atoms with Gasteiger partial charge in [0, 0.05) is 0 Å². The third kappa shape index (κ3) is 64.1. The van der Waals surface area contributed by atoms with Crippen LogP contribution in [0.4, 0.5) is 0 Å². The van der Waals surface area contributed by atoms with Crippen molar-refractivity contribution in [2.75, 3.05) is 0 Å². The van der Waals surface area contributed by atoms with E-state index < -0.39 is 13.0 Å². The molecule has 0 aliphatic carbocycles. The average molecular weight is 618 g/mol. The molecule has 0 aliphatic rings. The number of halogens is 4. The standard InChI is InChI=1S/2C10H16.4ClH.2Ru/c2*1-9(2)7-5-6-8-10(3)4;;;;;;/h2*7-8H,1,3,5-6H2,2,4H3;4*1H;;/q2*-2;;;;;2*+2/p-2/b9-7+,10-8+;9-7-,10-8-;;;;;;. The molecule has 0 aromatic carbocycles. The third-order valence-corrected chi connectivity index (χ3v) is 2.30. The first-order valence-electron chi connectivity index (χ1n) is 7.76. The molecule has 0 atom stereocenters. The van der Waals surface area contributed by atoms with Gasteiger partial charge in [0.15, 0.2) is 0 Å². The minimum absolute atomic E-state index is 1.09. The van der Waals surface area contributed by atoms with Gasteiger partial charge < -0.3 is 0 Å². The molecule has 0 saturated heterocycles. The number of unbranched alkanes of at least 4 members (excludes halogenated alkanes) is 2. The van der Waals surface area contributed by atoms with Gasteiger partial charge in [-0.25, -0.2) is 74.3 Å². The summed E-state index contributed by atoms with van der Waals surface area (Å²) in [6, 6.07) is 0. The molecular weight excluding hydrogens is 584 g/mol. The van der Waals surface area contributed by atoms with Gasteiger partial charge in [-0.05, 0) is 0 Å². The molecule has 0 nitrogen and oxygen atoms in total. The van der Waals surface area contributed by atoms with Crippen LogP contribution >= 0.6 is 19.4 Å². The molecule has 0 bridgehead atoms. The fourth-order valence-corrected chi connectivity index (χ4v) is 1.32. The monoisotopic (exact) mass is 618 g/mol. The van der Waals surface area contributed by atoms with E-state index in [0.29, 0.717) is 0 Å². The van der Waals surface area contributed by atoms with E-state index in [4.69, 9.17) is 9.69 Å². The van der Waals surface area contributed by atoms with Crippen LogP contribution < -0.4 is 0 Å². The van der Waals surface area contributed by atoms with Crippen LogP contribution in [-0.2, 0) is 30.3 Å². The van der Waals surface area contributed by atoms with Crippen molar-refractivity contribution < 1.29 is 49.7 Å². The predicted molar refractivity (Wildman–Crippen MR) is 109 cm³/mol. The minimum atomic E-state index is -1.53. The molecule has 0 N–H and O–H groups in total. The molecule has 0 fully saturated rings. The Hall–Kier alpha value is 0.847. The van der Waals surface area contributed by atoms with Gasteiger partial charge in [0.1, 0.15) is 0 Å². The molecule has 6 heteroatoms. The second kappa shape index (κ2) is 28.1. The van der Waals surface area contributed by atoms with E-state index in [0.717, 1.165) is 48.0 Å². The summed E-state index contributed by atoms with van der Waals surface area (Å²) in [5.74, 6) is 0. The SMILES string of the molecule is [CH2-]/C(C)=C/CC/C=C(/[CH2-])C.[CH2-]/C(C)=C\CC/C=C(\[CH2-])C.[Cl][Ru+].[Cl][Ru-]([ClH+])[ClH+]. The van der Waals surface area contributed by atoms with Gasteiger partial charge in [0.05, 0.1) is 0 Å². The van der Waals surface area contributed by atoms with Crippen LogP contribution in [0.2, 0.25) is 0 Å². The fraction of sp³-hybridized carbons (Fsp3) is 0.400. The molecule has 0 saturated carbocycles. The Balaban J connectivity index is -0.000000143. The van der Waals surface area contributed by atoms with E-state index in [1.165, 1.54) is 0 Å². The summed E-state index contributed by atoms with van der Waals surface area (Å²) in [4.78, 5) is 0. The quantitative estimate of drug-likeness (QED) is 0.165. The van der Waals surface area contributed by atoms with Crippen LogP contribution in [0, 0.1) is 47.1 Å². The second-order valence-electron chi connectivity index (χ2n) is 5.52.